The molecule has 0 unspecified atom stereocenters. The predicted molar refractivity (Wildman–Crippen MR) is 77.4 cm³/mol. The van der Waals surface area contributed by atoms with Crippen LogP contribution in [-0.4, -0.2) is 12.7 Å². The van der Waals surface area contributed by atoms with Crippen molar-refractivity contribution < 1.29 is 14.3 Å². The molecule has 1 N–H and O–H groups in total. The highest BCUT2D eigenvalue weighted by Gasteiger charge is 2.45. The fourth-order valence-corrected chi connectivity index (χ4v) is 2.70. The summed E-state index contributed by atoms with van der Waals surface area (Å²) in [5.74, 6) is 1.25. The molecule has 2 aliphatic rings. The zero-order valence-corrected chi connectivity index (χ0v) is 11.5. The highest BCUT2D eigenvalue weighted by Crippen LogP contribution is 2.45. The SMILES string of the molecule is O=C(NC1(c2ccccc2)CC1)c1ccc2c(c1)OCO2. The van der Waals surface area contributed by atoms with Crippen molar-refractivity contribution in [3.05, 3.63) is 59.7 Å². The van der Waals surface area contributed by atoms with Crippen molar-refractivity contribution in [1.82, 2.24) is 5.32 Å². The van der Waals surface area contributed by atoms with E-state index in [1.165, 1.54) is 5.56 Å². The minimum atomic E-state index is -0.200. The predicted octanol–water partition coefficient (Wildman–Crippen LogP) is 2.83. The second-order valence-electron chi connectivity index (χ2n) is 5.47. The largest absolute Gasteiger partial charge is 0.454 e. The van der Waals surface area contributed by atoms with Gasteiger partial charge in [0.05, 0.1) is 5.54 Å². The summed E-state index contributed by atoms with van der Waals surface area (Å²) in [5, 5.41) is 3.16. The number of hydrogen-bond donors (Lipinski definition) is 1. The minimum Gasteiger partial charge on any atom is -0.454 e. The lowest BCUT2D eigenvalue weighted by molar-refractivity contribution is 0.0930. The molecule has 1 aliphatic carbocycles. The van der Waals surface area contributed by atoms with Crippen molar-refractivity contribution in [2.45, 2.75) is 18.4 Å². The maximum absolute atomic E-state index is 12.5. The third-order valence-corrected chi connectivity index (χ3v) is 4.06. The van der Waals surface area contributed by atoms with Crippen LogP contribution in [0.5, 0.6) is 11.5 Å². The first-order valence-corrected chi connectivity index (χ1v) is 7.05. The number of ether oxygens (including phenoxy) is 2. The Labute approximate surface area is 122 Å². The van der Waals surface area contributed by atoms with Gasteiger partial charge < -0.3 is 14.8 Å². The number of nitrogens with one attached hydrogen (secondary N) is 1. The Balaban J connectivity index is 1.56. The Morgan fingerprint density at radius 1 is 1.00 bits per heavy atom. The molecule has 1 fully saturated rings. The van der Waals surface area contributed by atoms with Gasteiger partial charge in [0, 0.05) is 5.56 Å². The molecule has 1 heterocycles. The third kappa shape index (κ3) is 2.13. The van der Waals surface area contributed by atoms with E-state index in [4.69, 9.17) is 9.47 Å². The average molecular weight is 281 g/mol. The van der Waals surface area contributed by atoms with E-state index in [9.17, 15) is 4.79 Å². The van der Waals surface area contributed by atoms with Gasteiger partial charge in [-0.1, -0.05) is 30.3 Å². The molecule has 21 heavy (non-hydrogen) atoms. The molecule has 2 aromatic rings. The first-order chi connectivity index (χ1) is 10.3. The number of rotatable bonds is 3. The van der Waals surface area contributed by atoms with Crippen molar-refractivity contribution in [3.8, 4) is 11.5 Å². The molecule has 0 saturated heterocycles. The lowest BCUT2D eigenvalue weighted by Crippen LogP contribution is -2.34. The van der Waals surface area contributed by atoms with Crippen molar-refractivity contribution >= 4 is 5.91 Å². The van der Waals surface area contributed by atoms with E-state index in [0.29, 0.717) is 17.1 Å². The molecule has 0 aromatic heterocycles. The van der Waals surface area contributed by atoms with Gasteiger partial charge >= 0.3 is 0 Å². The highest BCUT2D eigenvalue weighted by molar-refractivity contribution is 5.95. The first-order valence-electron chi connectivity index (χ1n) is 7.05. The molecule has 1 amide bonds. The van der Waals surface area contributed by atoms with E-state index in [-0.39, 0.29) is 18.2 Å². The van der Waals surface area contributed by atoms with E-state index >= 15 is 0 Å². The number of carbonyl (C=O) groups is 1. The van der Waals surface area contributed by atoms with Crippen molar-refractivity contribution in [3.63, 3.8) is 0 Å². The molecule has 1 saturated carbocycles. The van der Waals surface area contributed by atoms with Gasteiger partial charge in [0.25, 0.3) is 5.91 Å². The Morgan fingerprint density at radius 2 is 1.76 bits per heavy atom. The summed E-state index contributed by atoms with van der Waals surface area (Å²) in [6.45, 7) is 0.217. The number of carbonyl (C=O) groups excluding carboxylic acids is 1. The summed E-state index contributed by atoms with van der Waals surface area (Å²) in [4.78, 5) is 12.5. The Hall–Kier alpha value is -2.49. The van der Waals surface area contributed by atoms with E-state index in [2.05, 4.69) is 17.4 Å². The zero-order chi connectivity index (χ0) is 14.3. The van der Waals surface area contributed by atoms with Gasteiger partial charge in [-0.3, -0.25) is 4.79 Å². The van der Waals surface area contributed by atoms with Crippen LogP contribution >= 0.6 is 0 Å². The molecule has 1 aliphatic heterocycles. The number of fused-ring (bicyclic) bond motifs is 1. The molecule has 0 bridgehead atoms. The Morgan fingerprint density at radius 3 is 2.52 bits per heavy atom. The van der Waals surface area contributed by atoms with Crippen molar-refractivity contribution in [2.24, 2.45) is 0 Å². The van der Waals surface area contributed by atoms with E-state index in [0.717, 1.165) is 12.8 Å². The van der Waals surface area contributed by atoms with Crippen LogP contribution < -0.4 is 14.8 Å². The van der Waals surface area contributed by atoms with Crippen LogP contribution in [0.2, 0.25) is 0 Å². The van der Waals surface area contributed by atoms with Crippen LogP contribution in [0, 0.1) is 0 Å². The molecule has 4 rings (SSSR count). The number of amides is 1. The Bertz CT molecular complexity index is 692. The van der Waals surface area contributed by atoms with Crippen LogP contribution in [0.3, 0.4) is 0 Å². The second-order valence-corrected chi connectivity index (χ2v) is 5.47. The summed E-state index contributed by atoms with van der Waals surface area (Å²) in [7, 11) is 0. The fourth-order valence-electron chi connectivity index (χ4n) is 2.70. The Kier molecular flexibility index (Phi) is 2.64. The van der Waals surface area contributed by atoms with Gasteiger partial charge in [0.2, 0.25) is 6.79 Å². The van der Waals surface area contributed by atoms with E-state index in [1.807, 2.05) is 18.2 Å². The fraction of sp³-hybridized carbons (Fsp3) is 0.235. The molecule has 0 atom stereocenters. The molecule has 4 nitrogen and oxygen atoms in total. The molecule has 106 valence electrons. The standard InChI is InChI=1S/C17H15NO3/c19-16(12-6-7-14-15(10-12)21-11-20-14)18-17(8-9-17)13-4-2-1-3-5-13/h1-7,10H,8-9,11H2,(H,18,19). The van der Waals surface area contributed by atoms with Gasteiger partial charge in [0.1, 0.15) is 0 Å². The minimum absolute atomic E-state index is 0.0744. The topological polar surface area (TPSA) is 47.6 Å². The average Bonchev–Trinajstić information content (AvgIpc) is 3.15. The van der Waals surface area contributed by atoms with Gasteiger partial charge in [-0.15, -0.1) is 0 Å². The van der Waals surface area contributed by atoms with Gasteiger partial charge in [-0.25, -0.2) is 0 Å². The normalized spacial score (nSPS) is 17.3. The van der Waals surface area contributed by atoms with Crippen LogP contribution in [0.15, 0.2) is 48.5 Å². The molecular weight excluding hydrogens is 266 g/mol. The molecule has 0 spiro atoms. The molecule has 4 heteroatoms. The maximum atomic E-state index is 12.5. The number of benzene rings is 2. The maximum Gasteiger partial charge on any atom is 0.252 e. The van der Waals surface area contributed by atoms with E-state index < -0.39 is 0 Å². The van der Waals surface area contributed by atoms with Crippen LogP contribution in [0.25, 0.3) is 0 Å². The van der Waals surface area contributed by atoms with Crippen molar-refractivity contribution in [2.75, 3.05) is 6.79 Å². The monoisotopic (exact) mass is 281 g/mol. The van der Waals surface area contributed by atoms with Gasteiger partial charge in [0.15, 0.2) is 11.5 Å². The second kappa shape index (κ2) is 4.52. The first kappa shape index (κ1) is 12.3. The van der Waals surface area contributed by atoms with Crippen LogP contribution in [0.1, 0.15) is 28.8 Å². The van der Waals surface area contributed by atoms with Crippen LogP contribution in [0.4, 0.5) is 0 Å². The summed E-state index contributed by atoms with van der Waals surface area (Å²) in [6, 6.07) is 15.4. The number of hydrogen-bond acceptors (Lipinski definition) is 3. The van der Waals surface area contributed by atoms with Gasteiger partial charge in [-0.05, 0) is 36.6 Å². The third-order valence-electron chi connectivity index (χ3n) is 4.06. The summed E-state index contributed by atoms with van der Waals surface area (Å²) < 4.78 is 10.6. The summed E-state index contributed by atoms with van der Waals surface area (Å²) in [6.07, 6.45) is 1.96. The highest BCUT2D eigenvalue weighted by atomic mass is 16.7. The molecule has 0 radical (unpaired) electrons. The van der Waals surface area contributed by atoms with E-state index in [1.54, 1.807) is 18.2 Å². The van der Waals surface area contributed by atoms with Crippen LogP contribution in [-0.2, 0) is 5.54 Å². The molecular formula is C17H15NO3. The lowest BCUT2D eigenvalue weighted by atomic mass is 10.0. The lowest BCUT2D eigenvalue weighted by Gasteiger charge is -2.18. The summed E-state index contributed by atoms with van der Waals surface area (Å²) >= 11 is 0. The van der Waals surface area contributed by atoms with Gasteiger partial charge in [-0.2, -0.15) is 0 Å². The summed E-state index contributed by atoms with van der Waals surface area (Å²) in [5.41, 5.74) is 1.56. The smallest absolute Gasteiger partial charge is 0.252 e. The molecule has 2 aromatic carbocycles. The quantitative estimate of drug-likeness (QED) is 0.941. The van der Waals surface area contributed by atoms with Crippen molar-refractivity contribution in [1.29, 1.82) is 0 Å². The zero-order valence-electron chi connectivity index (χ0n) is 11.5.